The van der Waals surface area contributed by atoms with E-state index in [1.807, 2.05) is 12.1 Å². The van der Waals surface area contributed by atoms with E-state index < -0.39 is 10.0 Å². The quantitative estimate of drug-likeness (QED) is 0.862. The SMILES string of the molecule is CN(C)S(=O)(=O)c1ccccc1NC1CC=CCC1. The number of para-hydroxylation sites is 1. The Morgan fingerprint density at radius 2 is 1.95 bits per heavy atom. The van der Waals surface area contributed by atoms with Crippen LogP contribution in [0.2, 0.25) is 0 Å². The Morgan fingerprint density at radius 3 is 2.58 bits per heavy atom. The topological polar surface area (TPSA) is 49.4 Å². The minimum absolute atomic E-state index is 0.309. The number of nitrogens with zero attached hydrogens (tertiary/aromatic N) is 1. The van der Waals surface area contributed by atoms with Crippen molar-refractivity contribution in [2.75, 3.05) is 19.4 Å². The van der Waals surface area contributed by atoms with Crippen molar-refractivity contribution in [1.82, 2.24) is 4.31 Å². The summed E-state index contributed by atoms with van der Waals surface area (Å²) in [6.07, 6.45) is 7.33. The lowest BCUT2D eigenvalue weighted by Gasteiger charge is -2.23. The second-order valence-corrected chi connectivity index (χ2v) is 7.03. The van der Waals surface area contributed by atoms with Gasteiger partial charge < -0.3 is 5.32 Å². The molecule has 1 aliphatic rings. The highest BCUT2D eigenvalue weighted by atomic mass is 32.2. The highest BCUT2D eigenvalue weighted by molar-refractivity contribution is 7.89. The van der Waals surface area contributed by atoms with Gasteiger partial charge in [0.05, 0.1) is 5.69 Å². The number of hydrogen-bond donors (Lipinski definition) is 1. The highest BCUT2D eigenvalue weighted by Gasteiger charge is 2.22. The molecule has 0 radical (unpaired) electrons. The summed E-state index contributed by atoms with van der Waals surface area (Å²) in [5.74, 6) is 0. The van der Waals surface area contributed by atoms with Crippen molar-refractivity contribution in [3.63, 3.8) is 0 Å². The second kappa shape index (κ2) is 5.75. The summed E-state index contributed by atoms with van der Waals surface area (Å²) >= 11 is 0. The first-order chi connectivity index (χ1) is 9.01. The molecule has 1 atom stereocenters. The number of anilines is 1. The molecule has 104 valence electrons. The zero-order valence-corrected chi connectivity index (χ0v) is 12.2. The zero-order chi connectivity index (χ0) is 13.9. The van der Waals surface area contributed by atoms with Crippen LogP contribution in [0.15, 0.2) is 41.3 Å². The maximum atomic E-state index is 12.3. The molecule has 0 fully saturated rings. The Hall–Kier alpha value is -1.33. The number of nitrogens with one attached hydrogen (secondary N) is 1. The van der Waals surface area contributed by atoms with Gasteiger partial charge in [-0.3, -0.25) is 0 Å². The number of allylic oxidation sites excluding steroid dienone is 1. The van der Waals surface area contributed by atoms with Crippen molar-refractivity contribution >= 4 is 15.7 Å². The van der Waals surface area contributed by atoms with Crippen LogP contribution in [0.3, 0.4) is 0 Å². The normalized spacial score (nSPS) is 19.6. The zero-order valence-electron chi connectivity index (χ0n) is 11.3. The van der Waals surface area contributed by atoms with Gasteiger partial charge in [-0.25, -0.2) is 12.7 Å². The van der Waals surface area contributed by atoms with Crippen LogP contribution in [0.4, 0.5) is 5.69 Å². The van der Waals surface area contributed by atoms with Gasteiger partial charge in [0.15, 0.2) is 0 Å². The van der Waals surface area contributed by atoms with E-state index >= 15 is 0 Å². The van der Waals surface area contributed by atoms with Crippen molar-refractivity contribution < 1.29 is 8.42 Å². The Balaban J connectivity index is 2.29. The van der Waals surface area contributed by atoms with Gasteiger partial charge in [-0.05, 0) is 31.4 Å². The lowest BCUT2D eigenvalue weighted by Crippen LogP contribution is -2.26. The summed E-state index contributed by atoms with van der Waals surface area (Å²) in [5, 5.41) is 3.35. The van der Waals surface area contributed by atoms with Crippen LogP contribution in [0.25, 0.3) is 0 Å². The van der Waals surface area contributed by atoms with E-state index in [0.29, 0.717) is 16.6 Å². The third-order valence-corrected chi connectivity index (χ3v) is 5.15. The molecule has 1 unspecified atom stereocenters. The van der Waals surface area contributed by atoms with Crippen LogP contribution in [0.5, 0.6) is 0 Å². The Labute approximate surface area is 115 Å². The Kier molecular flexibility index (Phi) is 4.27. The van der Waals surface area contributed by atoms with E-state index in [9.17, 15) is 8.42 Å². The van der Waals surface area contributed by atoms with E-state index in [4.69, 9.17) is 0 Å². The Morgan fingerprint density at radius 1 is 1.21 bits per heavy atom. The molecule has 1 aromatic carbocycles. The van der Waals surface area contributed by atoms with Gasteiger partial charge in [0.25, 0.3) is 0 Å². The van der Waals surface area contributed by atoms with Crippen LogP contribution in [-0.2, 0) is 10.0 Å². The highest BCUT2D eigenvalue weighted by Crippen LogP contribution is 2.25. The number of hydrogen-bond acceptors (Lipinski definition) is 3. The van der Waals surface area contributed by atoms with Crippen LogP contribution >= 0.6 is 0 Å². The van der Waals surface area contributed by atoms with Crippen LogP contribution in [-0.4, -0.2) is 32.9 Å². The van der Waals surface area contributed by atoms with Crippen molar-refractivity contribution in [2.24, 2.45) is 0 Å². The van der Waals surface area contributed by atoms with E-state index in [-0.39, 0.29) is 0 Å². The molecule has 0 aromatic heterocycles. The fourth-order valence-electron chi connectivity index (χ4n) is 2.15. The molecule has 0 saturated carbocycles. The standard InChI is InChI=1S/C14H20N2O2S/c1-16(2)19(17,18)14-11-7-6-10-13(14)15-12-8-4-3-5-9-12/h3-4,6-7,10-12,15H,5,8-9H2,1-2H3. The van der Waals surface area contributed by atoms with Crippen LogP contribution in [0.1, 0.15) is 19.3 Å². The summed E-state index contributed by atoms with van der Waals surface area (Å²) in [5.41, 5.74) is 0.691. The van der Waals surface area contributed by atoms with E-state index in [1.165, 1.54) is 4.31 Å². The third-order valence-electron chi connectivity index (χ3n) is 3.27. The van der Waals surface area contributed by atoms with Crippen molar-refractivity contribution in [2.45, 2.75) is 30.2 Å². The molecule has 2 rings (SSSR count). The predicted molar refractivity (Wildman–Crippen MR) is 77.7 cm³/mol. The minimum atomic E-state index is -3.41. The first-order valence-electron chi connectivity index (χ1n) is 6.45. The number of benzene rings is 1. The van der Waals surface area contributed by atoms with Crippen molar-refractivity contribution in [1.29, 1.82) is 0 Å². The van der Waals surface area contributed by atoms with E-state index in [1.54, 1.807) is 26.2 Å². The molecule has 5 heteroatoms. The summed E-state index contributed by atoms with van der Waals surface area (Å²) in [7, 11) is -0.303. The van der Waals surface area contributed by atoms with Crippen LogP contribution in [0, 0.1) is 0 Å². The molecule has 0 amide bonds. The van der Waals surface area contributed by atoms with Gasteiger partial charge in [0.2, 0.25) is 10.0 Å². The third kappa shape index (κ3) is 3.16. The molecular weight excluding hydrogens is 260 g/mol. The molecule has 0 aliphatic heterocycles. The maximum Gasteiger partial charge on any atom is 0.244 e. The lowest BCUT2D eigenvalue weighted by atomic mass is 10.0. The van der Waals surface area contributed by atoms with Crippen molar-refractivity contribution in [3.8, 4) is 0 Å². The lowest BCUT2D eigenvalue weighted by molar-refractivity contribution is 0.520. The summed E-state index contributed by atoms with van der Waals surface area (Å²) in [4.78, 5) is 0.342. The van der Waals surface area contributed by atoms with E-state index in [0.717, 1.165) is 19.3 Å². The maximum absolute atomic E-state index is 12.3. The second-order valence-electron chi connectivity index (χ2n) is 4.91. The molecule has 1 aliphatic carbocycles. The molecule has 1 N–H and O–H groups in total. The van der Waals surface area contributed by atoms with E-state index in [2.05, 4.69) is 17.5 Å². The fourth-order valence-corrected chi connectivity index (χ4v) is 3.20. The molecule has 1 aromatic rings. The Bertz CT molecular complexity index is 565. The molecule has 19 heavy (non-hydrogen) atoms. The summed E-state index contributed by atoms with van der Waals surface area (Å²) < 4.78 is 25.8. The summed E-state index contributed by atoms with van der Waals surface area (Å²) in [6.45, 7) is 0. The van der Waals surface area contributed by atoms with Gasteiger partial charge in [-0.15, -0.1) is 0 Å². The van der Waals surface area contributed by atoms with Gasteiger partial charge in [-0.1, -0.05) is 24.3 Å². The number of rotatable bonds is 4. The first kappa shape index (κ1) is 14.1. The van der Waals surface area contributed by atoms with Crippen molar-refractivity contribution in [3.05, 3.63) is 36.4 Å². The molecule has 0 heterocycles. The molecular formula is C14H20N2O2S. The molecule has 0 spiro atoms. The molecule has 4 nitrogen and oxygen atoms in total. The smallest absolute Gasteiger partial charge is 0.244 e. The fraction of sp³-hybridized carbons (Fsp3) is 0.429. The monoisotopic (exact) mass is 280 g/mol. The summed E-state index contributed by atoms with van der Waals surface area (Å²) in [6, 6.07) is 7.40. The first-order valence-corrected chi connectivity index (χ1v) is 7.89. The minimum Gasteiger partial charge on any atom is -0.381 e. The average molecular weight is 280 g/mol. The predicted octanol–water partition coefficient (Wildman–Crippen LogP) is 2.46. The van der Waals surface area contributed by atoms with Gasteiger partial charge in [0.1, 0.15) is 4.90 Å². The van der Waals surface area contributed by atoms with Crippen LogP contribution < -0.4 is 5.32 Å². The van der Waals surface area contributed by atoms with Gasteiger partial charge in [-0.2, -0.15) is 0 Å². The molecule has 0 bridgehead atoms. The van der Waals surface area contributed by atoms with Gasteiger partial charge in [0, 0.05) is 20.1 Å². The molecule has 0 saturated heterocycles. The largest absolute Gasteiger partial charge is 0.381 e. The number of sulfonamides is 1. The average Bonchev–Trinajstić information content (AvgIpc) is 2.40. The van der Waals surface area contributed by atoms with Gasteiger partial charge >= 0.3 is 0 Å².